The first-order valence-electron chi connectivity index (χ1n) is 6.51. The maximum atomic E-state index is 14.1. The lowest BCUT2D eigenvalue weighted by atomic mass is 10.1. The molecule has 0 radical (unpaired) electrons. The second kappa shape index (κ2) is 5.69. The molecule has 3 N–H and O–H groups in total. The van der Waals surface area contributed by atoms with Gasteiger partial charge in [-0.2, -0.15) is 0 Å². The van der Waals surface area contributed by atoms with E-state index in [1.54, 1.807) is 0 Å². The fourth-order valence-corrected chi connectivity index (χ4v) is 3.17. The maximum absolute atomic E-state index is 14.1. The Morgan fingerprint density at radius 3 is 2.52 bits per heavy atom. The van der Waals surface area contributed by atoms with E-state index < -0.39 is 38.0 Å². The molecule has 0 aliphatic heterocycles. The zero-order valence-corrected chi connectivity index (χ0v) is 12.2. The first kappa shape index (κ1) is 15.8. The van der Waals surface area contributed by atoms with Crippen LogP contribution in [0.1, 0.15) is 36.5 Å². The van der Waals surface area contributed by atoms with Crippen molar-refractivity contribution >= 4 is 15.9 Å². The quantitative estimate of drug-likeness (QED) is 0.885. The number of halogens is 2. The van der Waals surface area contributed by atoms with E-state index >= 15 is 0 Å². The number of hydrogen-bond acceptors (Lipinski definition) is 3. The predicted octanol–water partition coefficient (Wildman–Crippen LogP) is 1.53. The normalized spacial score (nSPS) is 22.3. The molecule has 0 aromatic heterocycles. The summed E-state index contributed by atoms with van der Waals surface area (Å²) >= 11 is 0. The lowest BCUT2D eigenvalue weighted by Crippen LogP contribution is -2.34. The summed E-state index contributed by atoms with van der Waals surface area (Å²) in [7, 11) is -4.36. The van der Waals surface area contributed by atoms with Crippen molar-refractivity contribution in [3.05, 3.63) is 29.3 Å². The molecule has 8 heteroatoms. The third kappa shape index (κ3) is 3.38. The molecule has 1 amide bonds. The molecular formula is C13H16F2N2O3S. The third-order valence-electron chi connectivity index (χ3n) is 3.62. The number of rotatable bonds is 3. The molecule has 2 rings (SSSR count). The number of amides is 1. The summed E-state index contributed by atoms with van der Waals surface area (Å²) in [4.78, 5) is 11.1. The van der Waals surface area contributed by atoms with Crippen molar-refractivity contribution < 1.29 is 22.0 Å². The molecule has 1 aromatic carbocycles. The standard InChI is InChI=1S/C13H16F2N2O3S/c1-7-2-3-8(6-7)17-13(18)11-9(14)4-5-10(12(11)15)21(16,19)20/h4-5,7-8H,2-3,6H2,1H3,(H,17,18)(H2,16,19,20). The molecule has 1 aliphatic carbocycles. The van der Waals surface area contributed by atoms with E-state index in [2.05, 4.69) is 5.32 Å². The van der Waals surface area contributed by atoms with Crippen LogP contribution in [0.3, 0.4) is 0 Å². The van der Waals surface area contributed by atoms with Gasteiger partial charge in [0.05, 0.1) is 0 Å². The Kier molecular flexibility index (Phi) is 4.29. The van der Waals surface area contributed by atoms with E-state index in [1.807, 2.05) is 6.92 Å². The third-order valence-corrected chi connectivity index (χ3v) is 4.55. The molecule has 2 unspecified atom stereocenters. The summed E-state index contributed by atoms with van der Waals surface area (Å²) in [6, 6.07) is 1.26. The van der Waals surface area contributed by atoms with Crippen LogP contribution in [0.2, 0.25) is 0 Å². The van der Waals surface area contributed by atoms with Gasteiger partial charge < -0.3 is 5.32 Å². The number of carbonyl (C=O) groups excluding carboxylic acids is 1. The van der Waals surface area contributed by atoms with Gasteiger partial charge in [-0.15, -0.1) is 0 Å². The summed E-state index contributed by atoms with van der Waals surface area (Å²) in [6.45, 7) is 2.02. The number of nitrogens with one attached hydrogen (secondary N) is 1. The van der Waals surface area contributed by atoms with Gasteiger partial charge in [0.2, 0.25) is 10.0 Å². The fraction of sp³-hybridized carbons (Fsp3) is 0.462. The topological polar surface area (TPSA) is 89.3 Å². The van der Waals surface area contributed by atoms with Gasteiger partial charge in [0.15, 0.2) is 5.82 Å². The van der Waals surface area contributed by atoms with Crippen LogP contribution in [-0.2, 0) is 10.0 Å². The predicted molar refractivity (Wildman–Crippen MR) is 72.0 cm³/mol. The highest BCUT2D eigenvalue weighted by molar-refractivity contribution is 7.89. The molecule has 1 saturated carbocycles. The van der Waals surface area contributed by atoms with Crippen molar-refractivity contribution in [3.63, 3.8) is 0 Å². The number of nitrogens with two attached hydrogens (primary N) is 1. The molecule has 0 heterocycles. The van der Waals surface area contributed by atoms with E-state index in [4.69, 9.17) is 5.14 Å². The summed E-state index contributed by atoms with van der Waals surface area (Å²) in [5.74, 6) is -3.11. The average Bonchev–Trinajstić information content (AvgIpc) is 2.72. The number of primary sulfonamides is 1. The minimum atomic E-state index is -4.36. The van der Waals surface area contributed by atoms with Crippen LogP contribution < -0.4 is 10.5 Å². The number of benzene rings is 1. The molecule has 0 bridgehead atoms. The van der Waals surface area contributed by atoms with E-state index in [0.717, 1.165) is 25.3 Å². The molecule has 0 saturated heterocycles. The summed E-state index contributed by atoms with van der Waals surface area (Å²) in [6.07, 6.45) is 2.38. The van der Waals surface area contributed by atoms with Gasteiger partial charge in [0, 0.05) is 6.04 Å². The SMILES string of the molecule is CC1CCC(NC(=O)c2c(F)ccc(S(N)(=O)=O)c2F)C1. The fourth-order valence-electron chi connectivity index (χ4n) is 2.56. The second-order valence-electron chi connectivity index (χ2n) is 5.37. The van der Waals surface area contributed by atoms with Crippen LogP contribution in [-0.4, -0.2) is 20.4 Å². The van der Waals surface area contributed by atoms with Crippen molar-refractivity contribution in [1.82, 2.24) is 5.32 Å². The van der Waals surface area contributed by atoms with Gasteiger partial charge in [-0.3, -0.25) is 4.79 Å². The monoisotopic (exact) mass is 318 g/mol. The molecule has 1 fully saturated rings. The average molecular weight is 318 g/mol. The minimum absolute atomic E-state index is 0.163. The number of hydrogen-bond donors (Lipinski definition) is 2. The molecule has 2 atom stereocenters. The highest BCUT2D eigenvalue weighted by atomic mass is 32.2. The Balaban J connectivity index is 2.32. The molecule has 0 spiro atoms. The molecule has 1 aliphatic rings. The number of sulfonamides is 1. The molecule has 1 aromatic rings. The van der Waals surface area contributed by atoms with Crippen molar-refractivity contribution in [2.75, 3.05) is 0 Å². The first-order valence-corrected chi connectivity index (χ1v) is 8.06. The van der Waals surface area contributed by atoms with Crippen LogP contribution in [0.5, 0.6) is 0 Å². The number of carbonyl (C=O) groups is 1. The molecular weight excluding hydrogens is 302 g/mol. The van der Waals surface area contributed by atoms with Gasteiger partial charge in [0.1, 0.15) is 16.3 Å². The van der Waals surface area contributed by atoms with Gasteiger partial charge in [-0.05, 0) is 37.3 Å². The van der Waals surface area contributed by atoms with Crippen molar-refractivity contribution in [1.29, 1.82) is 0 Å². The largest absolute Gasteiger partial charge is 0.349 e. The highest BCUT2D eigenvalue weighted by Gasteiger charge is 2.28. The van der Waals surface area contributed by atoms with Crippen molar-refractivity contribution in [2.45, 2.75) is 37.1 Å². The van der Waals surface area contributed by atoms with Crippen LogP contribution >= 0.6 is 0 Å². The van der Waals surface area contributed by atoms with E-state index in [9.17, 15) is 22.0 Å². The van der Waals surface area contributed by atoms with Gasteiger partial charge in [0.25, 0.3) is 5.91 Å². The summed E-state index contributed by atoms with van der Waals surface area (Å²) in [5, 5.41) is 7.37. The summed E-state index contributed by atoms with van der Waals surface area (Å²) in [5.41, 5.74) is -0.916. The lowest BCUT2D eigenvalue weighted by Gasteiger charge is -2.14. The van der Waals surface area contributed by atoms with Crippen LogP contribution in [0.4, 0.5) is 8.78 Å². The minimum Gasteiger partial charge on any atom is -0.349 e. The Morgan fingerprint density at radius 1 is 1.33 bits per heavy atom. The van der Waals surface area contributed by atoms with Crippen molar-refractivity contribution in [2.24, 2.45) is 11.1 Å². The zero-order valence-electron chi connectivity index (χ0n) is 11.4. The first-order chi connectivity index (χ1) is 9.70. The van der Waals surface area contributed by atoms with E-state index in [1.165, 1.54) is 0 Å². The molecule has 5 nitrogen and oxygen atoms in total. The Labute approximate surface area is 121 Å². The Morgan fingerprint density at radius 2 is 2.00 bits per heavy atom. The van der Waals surface area contributed by atoms with Crippen LogP contribution in [0, 0.1) is 17.6 Å². The van der Waals surface area contributed by atoms with Crippen LogP contribution in [0.25, 0.3) is 0 Å². The maximum Gasteiger partial charge on any atom is 0.257 e. The second-order valence-corrected chi connectivity index (χ2v) is 6.90. The van der Waals surface area contributed by atoms with E-state index in [0.29, 0.717) is 12.0 Å². The van der Waals surface area contributed by atoms with Crippen LogP contribution in [0.15, 0.2) is 17.0 Å². The highest BCUT2D eigenvalue weighted by Crippen LogP contribution is 2.26. The Hall–Kier alpha value is -1.54. The lowest BCUT2D eigenvalue weighted by molar-refractivity contribution is 0.0928. The summed E-state index contributed by atoms with van der Waals surface area (Å²) < 4.78 is 50.2. The Bertz CT molecular complexity index is 676. The van der Waals surface area contributed by atoms with Gasteiger partial charge in [-0.25, -0.2) is 22.3 Å². The smallest absolute Gasteiger partial charge is 0.257 e. The zero-order chi connectivity index (χ0) is 15.8. The van der Waals surface area contributed by atoms with Gasteiger partial charge >= 0.3 is 0 Å². The molecule has 21 heavy (non-hydrogen) atoms. The van der Waals surface area contributed by atoms with E-state index in [-0.39, 0.29) is 6.04 Å². The van der Waals surface area contributed by atoms with Crippen molar-refractivity contribution in [3.8, 4) is 0 Å². The van der Waals surface area contributed by atoms with Gasteiger partial charge in [-0.1, -0.05) is 6.92 Å². The molecule has 116 valence electrons.